The van der Waals surface area contributed by atoms with E-state index < -0.39 is 0 Å². The summed E-state index contributed by atoms with van der Waals surface area (Å²) < 4.78 is 0. The second-order valence-corrected chi connectivity index (χ2v) is 4.62. The Hall–Kier alpha value is -1.32. The number of nitrogens with zero attached hydrogens (tertiary/aromatic N) is 1. The van der Waals surface area contributed by atoms with Crippen molar-refractivity contribution in [3.05, 3.63) is 11.3 Å². The smallest absolute Gasteiger partial charge is 0.169 e. The first kappa shape index (κ1) is 9.24. The topological polar surface area (TPSA) is 57.8 Å². The fourth-order valence-electron chi connectivity index (χ4n) is 2.05. The van der Waals surface area contributed by atoms with Gasteiger partial charge in [0, 0.05) is 19.2 Å². The lowest BCUT2D eigenvalue weighted by Crippen LogP contribution is -2.26. The second kappa shape index (κ2) is 2.83. The number of hydrogen-bond donors (Lipinski definition) is 2. The number of Topliss-reactive ketones (excluding diaryl/α,β-unsaturated/α-hetero) is 1. The first-order chi connectivity index (χ1) is 6.53. The van der Waals surface area contributed by atoms with Gasteiger partial charge in [-0.05, 0) is 11.8 Å². The first-order valence-corrected chi connectivity index (χ1v) is 4.82. The number of nitrogens with one attached hydrogen (secondary N) is 2. The molecule has 0 radical (unpaired) electrons. The fraction of sp³-hybridized carbons (Fsp3) is 0.600. The Bertz CT molecular complexity index is 379. The molecule has 0 spiro atoms. The van der Waals surface area contributed by atoms with E-state index in [4.69, 9.17) is 0 Å². The van der Waals surface area contributed by atoms with Crippen LogP contribution in [-0.4, -0.2) is 23.0 Å². The average molecular weight is 193 g/mol. The van der Waals surface area contributed by atoms with Crippen molar-refractivity contribution in [3.63, 3.8) is 0 Å². The Morgan fingerprint density at radius 2 is 2.14 bits per heavy atom. The van der Waals surface area contributed by atoms with Gasteiger partial charge in [-0.15, -0.1) is 0 Å². The molecule has 0 aromatic carbocycles. The highest BCUT2D eigenvalue weighted by Crippen LogP contribution is 2.36. The van der Waals surface area contributed by atoms with Crippen LogP contribution >= 0.6 is 0 Å². The molecule has 1 aromatic rings. The van der Waals surface area contributed by atoms with Gasteiger partial charge < -0.3 is 5.32 Å². The van der Waals surface area contributed by atoms with E-state index in [0.717, 1.165) is 17.7 Å². The fourth-order valence-corrected chi connectivity index (χ4v) is 2.05. The number of fused-ring (bicyclic) bond motifs is 1. The number of anilines is 1. The van der Waals surface area contributed by atoms with Crippen LogP contribution in [-0.2, 0) is 6.42 Å². The van der Waals surface area contributed by atoms with Gasteiger partial charge >= 0.3 is 0 Å². The van der Waals surface area contributed by atoms with Crippen LogP contribution in [0.5, 0.6) is 0 Å². The highest BCUT2D eigenvalue weighted by Gasteiger charge is 2.34. The predicted octanol–water partition coefficient (Wildman–Crippen LogP) is 1.61. The van der Waals surface area contributed by atoms with Crippen LogP contribution in [0.4, 0.5) is 5.82 Å². The van der Waals surface area contributed by atoms with Gasteiger partial charge in [-0.1, -0.05) is 13.8 Å². The largest absolute Gasteiger partial charge is 0.371 e. The van der Waals surface area contributed by atoms with Crippen molar-refractivity contribution in [3.8, 4) is 0 Å². The molecule has 0 bridgehead atoms. The van der Waals surface area contributed by atoms with Crippen LogP contribution in [0.25, 0.3) is 0 Å². The van der Waals surface area contributed by atoms with Gasteiger partial charge in [0.2, 0.25) is 0 Å². The van der Waals surface area contributed by atoms with Gasteiger partial charge in [0.25, 0.3) is 0 Å². The zero-order valence-corrected chi connectivity index (χ0v) is 8.77. The molecule has 76 valence electrons. The molecule has 0 atom stereocenters. The van der Waals surface area contributed by atoms with Gasteiger partial charge in [-0.3, -0.25) is 9.89 Å². The standard InChI is InChI=1S/C10H15N3O/c1-10(2)4-6-8(7(14)5-10)9(11-3)13-12-6/h4-5H2,1-3H3,(H2,11,12,13). The summed E-state index contributed by atoms with van der Waals surface area (Å²) in [5.41, 5.74) is 1.78. The van der Waals surface area contributed by atoms with Crippen LogP contribution in [0, 0.1) is 5.41 Å². The molecule has 4 heteroatoms. The molecule has 14 heavy (non-hydrogen) atoms. The third kappa shape index (κ3) is 1.31. The minimum absolute atomic E-state index is 0.0572. The molecular weight excluding hydrogens is 178 g/mol. The summed E-state index contributed by atoms with van der Waals surface area (Å²) in [5, 5.41) is 9.93. The molecule has 0 aliphatic heterocycles. The van der Waals surface area contributed by atoms with Crippen molar-refractivity contribution in [1.29, 1.82) is 0 Å². The third-order valence-corrected chi connectivity index (χ3v) is 2.65. The number of rotatable bonds is 1. The quantitative estimate of drug-likeness (QED) is 0.712. The summed E-state index contributed by atoms with van der Waals surface area (Å²) in [4.78, 5) is 11.8. The third-order valence-electron chi connectivity index (χ3n) is 2.65. The minimum atomic E-state index is 0.0572. The van der Waals surface area contributed by atoms with E-state index in [1.54, 1.807) is 7.05 Å². The number of carbonyl (C=O) groups excluding carboxylic acids is 1. The van der Waals surface area contributed by atoms with Gasteiger partial charge in [0.1, 0.15) is 0 Å². The van der Waals surface area contributed by atoms with Crippen LogP contribution in [0.3, 0.4) is 0 Å². The van der Waals surface area contributed by atoms with Crippen molar-refractivity contribution >= 4 is 11.6 Å². The Balaban J connectivity index is 2.47. The predicted molar refractivity (Wildman–Crippen MR) is 54.6 cm³/mol. The first-order valence-electron chi connectivity index (χ1n) is 4.82. The highest BCUT2D eigenvalue weighted by atomic mass is 16.1. The number of hydrogen-bond acceptors (Lipinski definition) is 3. The number of carbonyl (C=O) groups is 1. The number of H-pyrrole nitrogens is 1. The summed E-state index contributed by atoms with van der Waals surface area (Å²) in [6, 6.07) is 0. The van der Waals surface area contributed by atoms with Crippen molar-refractivity contribution in [2.75, 3.05) is 12.4 Å². The molecule has 1 aromatic heterocycles. The molecule has 0 amide bonds. The average Bonchev–Trinajstić information content (AvgIpc) is 2.44. The highest BCUT2D eigenvalue weighted by molar-refractivity contribution is 6.02. The molecular formula is C10H15N3O. The summed E-state index contributed by atoms with van der Waals surface area (Å²) in [6.07, 6.45) is 1.50. The van der Waals surface area contributed by atoms with Crippen LogP contribution in [0.1, 0.15) is 36.3 Å². The van der Waals surface area contributed by atoms with Gasteiger partial charge in [0.15, 0.2) is 11.6 Å². The lowest BCUT2D eigenvalue weighted by molar-refractivity contribution is 0.0912. The van der Waals surface area contributed by atoms with E-state index in [2.05, 4.69) is 29.4 Å². The number of ketones is 1. The van der Waals surface area contributed by atoms with Crippen molar-refractivity contribution in [2.45, 2.75) is 26.7 Å². The van der Waals surface area contributed by atoms with Gasteiger partial charge in [-0.2, -0.15) is 5.10 Å². The zero-order chi connectivity index (χ0) is 10.3. The lowest BCUT2D eigenvalue weighted by atomic mass is 9.76. The van der Waals surface area contributed by atoms with Crippen molar-refractivity contribution in [1.82, 2.24) is 10.2 Å². The van der Waals surface area contributed by atoms with E-state index in [1.165, 1.54) is 0 Å². The zero-order valence-electron chi connectivity index (χ0n) is 8.77. The second-order valence-electron chi connectivity index (χ2n) is 4.62. The van der Waals surface area contributed by atoms with E-state index >= 15 is 0 Å². The summed E-state index contributed by atoms with van der Waals surface area (Å²) >= 11 is 0. The Labute approximate surface area is 83.1 Å². The van der Waals surface area contributed by atoms with Gasteiger partial charge in [-0.25, -0.2) is 0 Å². The Morgan fingerprint density at radius 3 is 2.79 bits per heavy atom. The maximum absolute atomic E-state index is 11.8. The van der Waals surface area contributed by atoms with Crippen molar-refractivity contribution in [2.24, 2.45) is 5.41 Å². The molecule has 1 heterocycles. The monoisotopic (exact) mass is 193 g/mol. The van der Waals surface area contributed by atoms with Crippen molar-refractivity contribution < 1.29 is 4.79 Å². The molecule has 2 N–H and O–H groups in total. The van der Waals surface area contributed by atoms with E-state index in [-0.39, 0.29) is 11.2 Å². The van der Waals surface area contributed by atoms with Gasteiger partial charge in [0.05, 0.1) is 5.56 Å². The minimum Gasteiger partial charge on any atom is -0.371 e. The normalized spacial score (nSPS) is 19.2. The number of aromatic nitrogens is 2. The summed E-state index contributed by atoms with van der Waals surface area (Å²) in [5.74, 6) is 0.870. The molecule has 4 nitrogen and oxygen atoms in total. The lowest BCUT2D eigenvalue weighted by Gasteiger charge is -2.27. The number of aromatic amines is 1. The maximum atomic E-state index is 11.8. The SMILES string of the molecule is CNc1n[nH]c2c1C(=O)CC(C)(C)C2. The van der Waals surface area contributed by atoms with Crippen LogP contribution in [0.2, 0.25) is 0 Å². The Kier molecular flexibility index (Phi) is 1.87. The maximum Gasteiger partial charge on any atom is 0.169 e. The van der Waals surface area contributed by atoms with Crippen LogP contribution in [0.15, 0.2) is 0 Å². The molecule has 1 aliphatic rings. The molecule has 1 aliphatic carbocycles. The molecule has 0 unspecified atom stereocenters. The van der Waals surface area contributed by atoms with E-state index in [1.807, 2.05) is 0 Å². The summed E-state index contributed by atoms with van der Waals surface area (Å²) in [6.45, 7) is 4.21. The molecule has 0 saturated heterocycles. The molecule has 0 saturated carbocycles. The van der Waals surface area contributed by atoms with E-state index in [0.29, 0.717) is 12.2 Å². The molecule has 2 rings (SSSR count). The Morgan fingerprint density at radius 1 is 1.43 bits per heavy atom. The van der Waals surface area contributed by atoms with E-state index in [9.17, 15) is 4.79 Å². The summed E-state index contributed by atoms with van der Waals surface area (Å²) in [7, 11) is 1.78. The van der Waals surface area contributed by atoms with Crippen LogP contribution < -0.4 is 5.32 Å². The molecule has 0 fully saturated rings.